The zero-order valence-electron chi connectivity index (χ0n) is 27.0. The lowest BCUT2D eigenvalue weighted by atomic mass is 9.46. The predicted octanol–water partition coefficient (Wildman–Crippen LogP) is 13.3. The van der Waals surface area contributed by atoms with Crippen LogP contribution in [0, 0.1) is 52.3 Å². The molecule has 3 fully saturated rings. The van der Waals surface area contributed by atoms with E-state index >= 15 is 0 Å². The minimum absolute atomic E-state index is 0. The summed E-state index contributed by atoms with van der Waals surface area (Å²) in [6.07, 6.45) is 31.4. The first-order valence-corrected chi connectivity index (χ1v) is 16.8. The van der Waals surface area contributed by atoms with Crippen LogP contribution in [0.2, 0.25) is 0 Å². The van der Waals surface area contributed by atoms with Crippen molar-refractivity contribution in [1.82, 2.24) is 0 Å². The highest BCUT2D eigenvalue weighted by atomic mass is 14.6. The molecule has 0 N–H and O–H groups in total. The van der Waals surface area contributed by atoms with Crippen LogP contribution in [0.1, 0.15) is 150 Å². The zero-order valence-corrected chi connectivity index (χ0v) is 27.0. The third-order valence-electron chi connectivity index (χ3n) is 11.9. The van der Waals surface area contributed by atoms with Crippen LogP contribution in [0.25, 0.3) is 0 Å². The lowest BCUT2D eigenvalue weighted by Gasteiger charge is -2.58. The number of hydrogen-bond donors (Lipinski definition) is 0. The Balaban J connectivity index is 0.00000313. The Morgan fingerprint density at radius 3 is 2.44 bits per heavy atom. The van der Waals surface area contributed by atoms with Crippen molar-refractivity contribution in [2.75, 3.05) is 0 Å². The van der Waals surface area contributed by atoms with E-state index < -0.39 is 0 Å². The third-order valence-corrected chi connectivity index (χ3v) is 11.9. The average Bonchev–Trinajstić information content (AvgIpc) is 3.26. The summed E-state index contributed by atoms with van der Waals surface area (Å²) in [6.45, 7) is 21.1. The van der Waals surface area contributed by atoms with Gasteiger partial charge in [-0.15, -0.1) is 0 Å². The van der Waals surface area contributed by atoms with Crippen LogP contribution in [0.15, 0.2) is 47.6 Å². The molecule has 0 bridgehead atoms. The molecule has 0 nitrogen and oxygen atoms in total. The van der Waals surface area contributed by atoms with E-state index in [2.05, 4.69) is 84.9 Å². The van der Waals surface area contributed by atoms with Gasteiger partial charge in [0.1, 0.15) is 0 Å². The van der Waals surface area contributed by atoms with Gasteiger partial charge in [-0.2, -0.15) is 0 Å². The molecule has 228 valence electrons. The Morgan fingerprint density at radius 2 is 1.74 bits per heavy atom. The van der Waals surface area contributed by atoms with Crippen LogP contribution in [-0.4, -0.2) is 0 Å². The van der Waals surface area contributed by atoms with E-state index in [1.54, 1.807) is 0 Å². The Labute approximate surface area is 249 Å². The minimum atomic E-state index is 0. The molecule has 0 aromatic carbocycles. The zero-order chi connectivity index (χ0) is 27.9. The summed E-state index contributed by atoms with van der Waals surface area (Å²) >= 11 is 0. The van der Waals surface area contributed by atoms with Crippen LogP contribution >= 0.6 is 0 Å². The van der Waals surface area contributed by atoms with Crippen LogP contribution in [0.3, 0.4) is 0 Å². The molecule has 0 aromatic heterocycles. The van der Waals surface area contributed by atoms with Crippen molar-refractivity contribution in [3.8, 4) is 0 Å². The van der Waals surface area contributed by atoms with Gasteiger partial charge >= 0.3 is 0 Å². The largest absolute Gasteiger partial charge is 0.0848 e. The third kappa shape index (κ3) is 7.63. The highest BCUT2D eigenvalue weighted by Crippen LogP contribution is 2.67. The summed E-state index contributed by atoms with van der Waals surface area (Å²) in [5.74, 6) is 6.39. The van der Waals surface area contributed by atoms with Crippen molar-refractivity contribution in [2.24, 2.45) is 52.3 Å². The monoisotopic (exact) mass is 541 g/mol. The second kappa shape index (κ2) is 15.3. The van der Waals surface area contributed by atoms with Crippen molar-refractivity contribution >= 4 is 0 Å². The molecule has 5 unspecified atom stereocenters. The molecule has 0 aliphatic heterocycles. The van der Waals surface area contributed by atoms with Gasteiger partial charge in [-0.05, 0) is 124 Å². The summed E-state index contributed by atoms with van der Waals surface area (Å²) in [5.41, 5.74) is 4.29. The normalized spacial score (nSPS) is 36.9. The lowest BCUT2D eigenvalue weighted by Crippen LogP contribution is -2.50. The van der Waals surface area contributed by atoms with Gasteiger partial charge in [0.2, 0.25) is 0 Å². The minimum Gasteiger partial charge on any atom is -0.0848 e. The summed E-state index contributed by atoms with van der Waals surface area (Å²) < 4.78 is 0. The van der Waals surface area contributed by atoms with Gasteiger partial charge in [0, 0.05) is 2.85 Å². The first-order valence-electron chi connectivity index (χ1n) is 16.8. The van der Waals surface area contributed by atoms with E-state index in [9.17, 15) is 0 Å². The fourth-order valence-corrected chi connectivity index (χ4v) is 9.58. The van der Waals surface area contributed by atoms with E-state index in [0.717, 1.165) is 47.8 Å². The molecule has 0 heteroatoms. The van der Waals surface area contributed by atoms with Crippen LogP contribution < -0.4 is 0 Å². The molecule has 0 spiro atoms. The highest BCUT2D eigenvalue weighted by Gasteiger charge is 2.58. The average molecular weight is 541 g/mol. The maximum Gasteiger partial charge on any atom is 0 e. The number of hydrogen-bond acceptors (Lipinski definition) is 0. The molecule has 0 radical (unpaired) electrons. The van der Waals surface area contributed by atoms with Crippen LogP contribution in [-0.2, 0) is 0 Å². The van der Waals surface area contributed by atoms with Gasteiger partial charge in [0.15, 0.2) is 0 Å². The molecule has 0 aromatic rings. The van der Waals surface area contributed by atoms with E-state index in [4.69, 9.17) is 0 Å². The van der Waals surface area contributed by atoms with Crippen molar-refractivity contribution in [3.05, 3.63) is 47.6 Å². The molecule has 39 heavy (non-hydrogen) atoms. The van der Waals surface area contributed by atoms with E-state index in [-0.39, 0.29) is 10.3 Å². The lowest BCUT2D eigenvalue weighted by molar-refractivity contribution is -0.0516. The van der Waals surface area contributed by atoms with Crippen molar-refractivity contribution in [2.45, 2.75) is 147 Å². The van der Waals surface area contributed by atoms with Gasteiger partial charge in [0.05, 0.1) is 0 Å². The number of allylic oxidation sites excluding steroid dienone is 8. The van der Waals surface area contributed by atoms with Crippen molar-refractivity contribution in [1.29, 1.82) is 0 Å². The Bertz CT molecular complexity index is 863. The maximum atomic E-state index is 2.77. The molecular formula is C39H72. The number of fused-ring (bicyclic) bond motifs is 5. The Morgan fingerprint density at radius 1 is 1.00 bits per heavy atom. The quantitative estimate of drug-likeness (QED) is 0.201. The topological polar surface area (TPSA) is 0 Å². The smallest absolute Gasteiger partial charge is 0 e. The predicted molar refractivity (Wildman–Crippen MR) is 181 cm³/mol. The molecule has 0 saturated heterocycles. The SMILES string of the molecule is C.CC.CC=C(C)/C=C/C/C=C/C1CC[C@@]2(C)C(=CCC3C2CC[C@@]2(C)C3CC[C@@H]2C(C)CCCC(C)C)C1.[HH].[HH]. The molecule has 4 aliphatic rings. The Kier molecular flexibility index (Phi) is 13.4. The fourth-order valence-electron chi connectivity index (χ4n) is 9.58. The van der Waals surface area contributed by atoms with E-state index in [1.165, 1.54) is 76.2 Å². The van der Waals surface area contributed by atoms with Gasteiger partial charge in [0.25, 0.3) is 0 Å². The van der Waals surface area contributed by atoms with Gasteiger partial charge < -0.3 is 0 Å². The van der Waals surface area contributed by atoms with Gasteiger partial charge in [-0.25, -0.2) is 0 Å². The summed E-state index contributed by atoms with van der Waals surface area (Å²) in [4.78, 5) is 0. The molecular weight excluding hydrogens is 468 g/mol. The van der Waals surface area contributed by atoms with Crippen molar-refractivity contribution in [3.63, 3.8) is 0 Å². The molecule has 8 atom stereocenters. The second-order valence-corrected chi connectivity index (χ2v) is 14.4. The summed E-state index contributed by atoms with van der Waals surface area (Å²) in [6, 6.07) is 0. The number of rotatable bonds is 9. The van der Waals surface area contributed by atoms with E-state index in [1.807, 2.05) is 19.4 Å². The van der Waals surface area contributed by atoms with Gasteiger partial charge in [-0.1, -0.05) is 123 Å². The van der Waals surface area contributed by atoms with Gasteiger partial charge in [-0.3, -0.25) is 0 Å². The molecule has 0 amide bonds. The molecule has 4 aliphatic carbocycles. The maximum absolute atomic E-state index is 2.77. The fraction of sp³-hybridized carbons (Fsp3) is 0.795. The molecule has 3 saturated carbocycles. The van der Waals surface area contributed by atoms with Crippen LogP contribution in [0.5, 0.6) is 0 Å². The van der Waals surface area contributed by atoms with Crippen LogP contribution in [0.4, 0.5) is 0 Å². The summed E-state index contributed by atoms with van der Waals surface area (Å²) in [7, 11) is 0. The second-order valence-electron chi connectivity index (χ2n) is 14.4. The first-order chi connectivity index (χ1) is 18.2. The Hall–Kier alpha value is -1.04. The summed E-state index contributed by atoms with van der Waals surface area (Å²) in [5, 5.41) is 0. The standard InChI is InChI=1S/C36H58.C2H6.CH4.2H2/c1-8-27(4)14-10-9-11-16-29-21-23-35(6)30(25-29)17-18-31-33-20-19-32(28(5)15-12-13-26(2)3)36(33,7)24-22-34(31)35;1-2;;;/h8,10-11,14,16-17,26,28-29,31-34H,9,12-13,15,18-25H2,1-7H3;1-2H3;1H4;2*1H/b14-10+,16-11+,27-8?;;;;/t28?,29?,31?,32-,33?,34?,35+,36-;;;;/m1..../s1. The first kappa shape index (κ1) is 34.2. The highest BCUT2D eigenvalue weighted by molar-refractivity contribution is 5.26. The molecule has 4 rings (SSSR count). The molecule has 0 heterocycles. The van der Waals surface area contributed by atoms with Crippen molar-refractivity contribution < 1.29 is 2.85 Å². The van der Waals surface area contributed by atoms with E-state index in [0.29, 0.717) is 10.8 Å².